The van der Waals surface area contributed by atoms with Gasteiger partial charge in [0.05, 0.1) is 21.0 Å². The van der Waals surface area contributed by atoms with E-state index in [1.165, 1.54) is 17.0 Å². The van der Waals surface area contributed by atoms with Gasteiger partial charge in [-0.1, -0.05) is 34.4 Å². The Kier molecular flexibility index (Phi) is 5.62. The fourth-order valence-corrected chi connectivity index (χ4v) is 4.52. The van der Waals surface area contributed by atoms with E-state index < -0.39 is 0 Å². The Balaban J connectivity index is 1.30. The Labute approximate surface area is 203 Å². The van der Waals surface area contributed by atoms with Crippen LogP contribution in [-0.2, 0) is 7.05 Å². The summed E-state index contributed by atoms with van der Waals surface area (Å²) in [5.74, 6) is 0.507. The van der Waals surface area contributed by atoms with Crippen LogP contribution in [0.5, 0.6) is 0 Å². The molecule has 1 aliphatic heterocycles. The van der Waals surface area contributed by atoms with Gasteiger partial charge in [0, 0.05) is 50.3 Å². The summed E-state index contributed by atoms with van der Waals surface area (Å²) in [6.45, 7) is 1.18. The number of aromatic nitrogens is 4. The highest BCUT2D eigenvalue weighted by Gasteiger charge is 2.29. The fraction of sp³-hybridized carbons (Fsp3) is 0.227. The van der Waals surface area contributed by atoms with Gasteiger partial charge in [0.15, 0.2) is 11.6 Å². The van der Waals surface area contributed by atoms with Crippen LogP contribution in [0.25, 0.3) is 22.1 Å². The Morgan fingerprint density at radius 3 is 2.79 bits per heavy atom. The molecule has 4 aromatic rings. The number of carbonyl (C=O) groups is 1. The first-order valence-electron chi connectivity index (χ1n) is 10.4. The number of hydrogen-bond acceptors (Lipinski definition) is 8. The number of halogens is 2. The van der Waals surface area contributed by atoms with Crippen LogP contribution in [0, 0.1) is 0 Å². The number of benzene rings is 1. The van der Waals surface area contributed by atoms with Crippen molar-refractivity contribution in [3.05, 3.63) is 62.9 Å². The molecule has 3 N–H and O–H groups in total. The van der Waals surface area contributed by atoms with Crippen LogP contribution in [0.3, 0.4) is 0 Å². The Hall–Kier alpha value is -3.63. The molecule has 1 atom stereocenters. The number of nitrogens with zero attached hydrogens (tertiary/aromatic N) is 5. The summed E-state index contributed by atoms with van der Waals surface area (Å²) in [6, 6.07) is 4.99. The second kappa shape index (κ2) is 8.62. The van der Waals surface area contributed by atoms with E-state index in [1.807, 2.05) is 4.90 Å². The van der Waals surface area contributed by atoms with Crippen LogP contribution < -0.4 is 21.6 Å². The lowest BCUT2D eigenvalue weighted by Crippen LogP contribution is -2.37. The SMILES string of the molecule is Cn1cc(-c2ccc(C(=O)N[C@@H]3CCN(c4ncc(Cl)c5c(N)noc45)C3)c(Cl)c2)cnc1=O. The molecule has 1 saturated heterocycles. The molecular weight excluding hydrogens is 481 g/mol. The number of nitrogen functional groups attached to an aromatic ring is 1. The molecule has 0 aliphatic carbocycles. The van der Waals surface area contributed by atoms with Gasteiger partial charge in [0.2, 0.25) is 5.58 Å². The van der Waals surface area contributed by atoms with E-state index in [2.05, 4.69) is 20.4 Å². The van der Waals surface area contributed by atoms with Crippen molar-refractivity contribution in [3.8, 4) is 11.1 Å². The van der Waals surface area contributed by atoms with E-state index >= 15 is 0 Å². The highest BCUT2D eigenvalue weighted by molar-refractivity contribution is 6.36. The summed E-state index contributed by atoms with van der Waals surface area (Å²) >= 11 is 12.6. The van der Waals surface area contributed by atoms with Crippen LogP contribution in [0.1, 0.15) is 16.8 Å². The number of hydrogen-bond donors (Lipinski definition) is 2. The maximum absolute atomic E-state index is 12.9. The minimum atomic E-state index is -0.349. The van der Waals surface area contributed by atoms with Gasteiger partial charge in [0.25, 0.3) is 5.91 Å². The van der Waals surface area contributed by atoms with Gasteiger partial charge in [-0.15, -0.1) is 0 Å². The molecule has 0 saturated carbocycles. The number of amides is 1. The lowest BCUT2D eigenvalue weighted by atomic mass is 10.1. The summed E-state index contributed by atoms with van der Waals surface area (Å²) in [5, 5.41) is 8.02. The van der Waals surface area contributed by atoms with E-state index in [4.69, 9.17) is 33.5 Å². The Morgan fingerprint density at radius 2 is 2.03 bits per heavy atom. The lowest BCUT2D eigenvalue weighted by molar-refractivity contribution is 0.0940. The lowest BCUT2D eigenvalue weighted by Gasteiger charge is -2.18. The maximum atomic E-state index is 12.9. The minimum absolute atomic E-state index is 0.121. The van der Waals surface area contributed by atoms with Gasteiger partial charge in [-0.05, 0) is 24.1 Å². The van der Waals surface area contributed by atoms with E-state index in [1.54, 1.807) is 31.4 Å². The fourth-order valence-electron chi connectivity index (χ4n) is 4.03. The second-order valence-electron chi connectivity index (χ2n) is 8.04. The number of rotatable bonds is 4. The molecule has 0 spiro atoms. The highest BCUT2D eigenvalue weighted by atomic mass is 35.5. The summed E-state index contributed by atoms with van der Waals surface area (Å²) in [5.41, 5.74) is 7.75. The van der Waals surface area contributed by atoms with Crippen molar-refractivity contribution in [1.29, 1.82) is 0 Å². The van der Waals surface area contributed by atoms with Crippen molar-refractivity contribution in [1.82, 2.24) is 25.0 Å². The first-order valence-corrected chi connectivity index (χ1v) is 11.1. The van der Waals surface area contributed by atoms with Gasteiger partial charge < -0.3 is 25.0 Å². The van der Waals surface area contributed by atoms with Crippen molar-refractivity contribution >= 4 is 51.7 Å². The number of aryl methyl sites for hydroxylation is 1. The third-order valence-corrected chi connectivity index (χ3v) is 6.38. The third kappa shape index (κ3) is 3.95. The predicted molar refractivity (Wildman–Crippen MR) is 129 cm³/mol. The zero-order valence-corrected chi connectivity index (χ0v) is 19.5. The number of fused-ring (bicyclic) bond motifs is 1. The monoisotopic (exact) mass is 499 g/mol. The smallest absolute Gasteiger partial charge is 0.347 e. The van der Waals surface area contributed by atoms with Gasteiger partial charge >= 0.3 is 5.69 Å². The zero-order chi connectivity index (χ0) is 24.0. The normalized spacial score (nSPS) is 15.7. The Morgan fingerprint density at radius 1 is 1.21 bits per heavy atom. The molecule has 1 aliphatic rings. The largest absolute Gasteiger partial charge is 0.380 e. The molecule has 4 heterocycles. The van der Waals surface area contributed by atoms with Crippen LogP contribution >= 0.6 is 23.2 Å². The standard InChI is InChI=1S/C22H19Cl2N7O3/c1-30-9-12(7-27-22(30)33)11-2-3-14(15(23)6-11)21(32)28-13-4-5-31(10-13)20-18-17(16(24)8-26-20)19(25)29-34-18/h2-3,6-9,13H,4-5,10H2,1H3,(H2,25,29)(H,28,32)/t13-/m1/s1. The molecule has 12 heteroatoms. The number of nitrogens with one attached hydrogen (secondary N) is 1. The second-order valence-corrected chi connectivity index (χ2v) is 8.85. The summed E-state index contributed by atoms with van der Waals surface area (Å²) in [4.78, 5) is 34.6. The van der Waals surface area contributed by atoms with E-state index in [0.717, 1.165) is 11.1 Å². The maximum Gasteiger partial charge on any atom is 0.347 e. The Bertz CT molecular complexity index is 1480. The molecule has 1 amide bonds. The van der Waals surface area contributed by atoms with Crippen molar-refractivity contribution < 1.29 is 9.32 Å². The quantitative estimate of drug-likeness (QED) is 0.437. The molecular formula is C22H19Cl2N7O3. The van der Waals surface area contributed by atoms with Crippen LogP contribution in [0.15, 0.2) is 46.1 Å². The molecule has 3 aromatic heterocycles. The minimum Gasteiger partial charge on any atom is -0.380 e. The molecule has 34 heavy (non-hydrogen) atoms. The molecule has 10 nitrogen and oxygen atoms in total. The van der Waals surface area contributed by atoms with Gasteiger partial charge in [0.1, 0.15) is 0 Å². The van der Waals surface area contributed by atoms with Crippen molar-refractivity contribution in [3.63, 3.8) is 0 Å². The van der Waals surface area contributed by atoms with E-state index in [-0.39, 0.29) is 23.5 Å². The molecule has 0 bridgehead atoms. The van der Waals surface area contributed by atoms with Crippen LogP contribution in [0.2, 0.25) is 10.0 Å². The van der Waals surface area contributed by atoms with Crippen molar-refractivity contribution in [2.45, 2.75) is 12.5 Å². The molecule has 1 aromatic carbocycles. The van der Waals surface area contributed by atoms with E-state index in [9.17, 15) is 9.59 Å². The average molecular weight is 500 g/mol. The van der Waals surface area contributed by atoms with Crippen molar-refractivity contribution in [2.75, 3.05) is 23.7 Å². The number of pyridine rings is 1. The summed E-state index contributed by atoms with van der Waals surface area (Å²) in [6.07, 6.45) is 5.36. The molecule has 0 unspecified atom stereocenters. The van der Waals surface area contributed by atoms with Crippen molar-refractivity contribution in [2.24, 2.45) is 7.05 Å². The number of anilines is 2. The molecule has 0 radical (unpaired) electrons. The van der Waals surface area contributed by atoms with E-state index in [0.29, 0.717) is 51.9 Å². The summed E-state index contributed by atoms with van der Waals surface area (Å²) < 4.78 is 6.73. The van der Waals surface area contributed by atoms with Crippen LogP contribution in [-0.4, -0.2) is 44.7 Å². The first-order chi connectivity index (χ1) is 16.3. The summed E-state index contributed by atoms with van der Waals surface area (Å²) in [7, 11) is 1.62. The predicted octanol–water partition coefficient (Wildman–Crippen LogP) is 2.88. The highest BCUT2D eigenvalue weighted by Crippen LogP contribution is 2.35. The molecule has 5 rings (SSSR count). The third-order valence-electron chi connectivity index (χ3n) is 5.78. The van der Waals surface area contributed by atoms with Crippen LogP contribution in [0.4, 0.5) is 11.6 Å². The average Bonchev–Trinajstić information content (AvgIpc) is 3.43. The topological polar surface area (TPSA) is 132 Å². The number of nitrogens with two attached hydrogens (primary N) is 1. The first kappa shape index (κ1) is 22.2. The van der Waals surface area contributed by atoms with Gasteiger partial charge in [-0.3, -0.25) is 4.79 Å². The molecule has 1 fully saturated rings. The van der Waals surface area contributed by atoms with Gasteiger partial charge in [-0.2, -0.15) is 0 Å². The zero-order valence-electron chi connectivity index (χ0n) is 18.0. The molecule has 174 valence electrons. The number of carbonyl (C=O) groups excluding carboxylic acids is 1. The van der Waals surface area contributed by atoms with Gasteiger partial charge in [-0.25, -0.2) is 14.8 Å².